The largest absolute Gasteiger partial charge is 0.497 e. The summed E-state index contributed by atoms with van der Waals surface area (Å²) in [5.74, 6) is -0.621. The Balaban J connectivity index is 1.64. The maximum Gasteiger partial charge on any atom is 0.270 e. The van der Waals surface area contributed by atoms with Crippen LogP contribution in [0.4, 0.5) is 0 Å². The van der Waals surface area contributed by atoms with Gasteiger partial charge in [-0.1, -0.05) is 19.3 Å². The number of carbonyl (C=O) groups is 2. The van der Waals surface area contributed by atoms with Crippen LogP contribution in [0.25, 0.3) is 0 Å². The lowest BCUT2D eigenvalue weighted by atomic mass is 9.95. The van der Waals surface area contributed by atoms with Crippen molar-refractivity contribution in [1.82, 2.24) is 15.0 Å². The van der Waals surface area contributed by atoms with Crippen molar-refractivity contribution in [3.05, 3.63) is 53.9 Å². The number of pyridine rings is 1. The highest BCUT2D eigenvalue weighted by Crippen LogP contribution is 2.18. The van der Waals surface area contributed by atoms with Crippen LogP contribution < -0.4 is 14.8 Å². The topological polar surface area (TPSA) is 114 Å². The van der Waals surface area contributed by atoms with Gasteiger partial charge in [0.2, 0.25) is 0 Å². The van der Waals surface area contributed by atoms with Crippen LogP contribution in [-0.4, -0.2) is 38.4 Å². The van der Waals surface area contributed by atoms with Crippen molar-refractivity contribution in [2.45, 2.75) is 43.0 Å². The molecule has 3 rings (SSSR count). The number of hydrogen-bond donors (Lipinski definition) is 2. The molecule has 9 heteroatoms. The molecule has 1 aromatic carbocycles. The van der Waals surface area contributed by atoms with Crippen molar-refractivity contribution in [2.75, 3.05) is 7.11 Å². The monoisotopic (exact) mass is 417 g/mol. The molecular formula is C20H23N3O5S. The molecule has 0 saturated heterocycles. The van der Waals surface area contributed by atoms with Crippen LogP contribution in [0.5, 0.6) is 5.75 Å². The first-order chi connectivity index (χ1) is 13.9. The van der Waals surface area contributed by atoms with Gasteiger partial charge in [0.1, 0.15) is 11.4 Å². The second kappa shape index (κ2) is 9.04. The van der Waals surface area contributed by atoms with Crippen LogP contribution in [0.1, 0.15) is 53.0 Å². The molecule has 1 fully saturated rings. The number of sulfonamides is 1. The molecule has 1 aliphatic rings. The van der Waals surface area contributed by atoms with Crippen LogP contribution in [-0.2, 0) is 10.0 Å². The molecule has 1 aliphatic carbocycles. The normalized spacial score (nSPS) is 14.8. The third-order valence-corrected chi connectivity index (χ3v) is 6.14. The third kappa shape index (κ3) is 5.32. The zero-order chi connectivity index (χ0) is 20.9. The van der Waals surface area contributed by atoms with Crippen molar-refractivity contribution in [3.8, 4) is 5.75 Å². The number of nitrogens with zero attached hydrogens (tertiary/aromatic N) is 1. The van der Waals surface area contributed by atoms with Crippen molar-refractivity contribution < 1.29 is 22.7 Å². The fraction of sp³-hybridized carbons (Fsp3) is 0.350. The van der Waals surface area contributed by atoms with Gasteiger partial charge in [-0.15, -0.1) is 0 Å². The molecule has 0 atom stereocenters. The number of ether oxygens (including phenoxy) is 1. The molecule has 0 spiro atoms. The van der Waals surface area contributed by atoms with Gasteiger partial charge in [0, 0.05) is 12.2 Å². The molecule has 1 saturated carbocycles. The van der Waals surface area contributed by atoms with Gasteiger partial charge in [-0.25, -0.2) is 13.1 Å². The van der Waals surface area contributed by atoms with Gasteiger partial charge < -0.3 is 10.1 Å². The molecule has 1 heterocycles. The number of carbonyl (C=O) groups excluding carboxylic acids is 2. The SMILES string of the molecule is COc1ccc(S(=O)(=O)NC(=O)c2ccc(C(=O)NC3CCCCC3)nc2)cc1. The van der Waals surface area contributed by atoms with Crippen LogP contribution >= 0.6 is 0 Å². The van der Waals surface area contributed by atoms with Gasteiger partial charge in [0.05, 0.1) is 17.6 Å². The number of hydrogen-bond acceptors (Lipinski definition) is 6. The van der Waals surface area contributed by atoms with E-state index in [0.29, 0.717) is 5.75 Å². The Bertz CT molecular complexity index is 966. The Morgan fingerprint density at radius 3 is 2.28 bits per heavy atom. The molecule has 0 aliphatic heterocycles. The van der Waals surface area contributed by atoms with Crippen LogP contribution in [0.3, 0.4) is 0 Å². The molecule has 29 heavy (non-hydrogen) atoms. The summed E-state index contributed by atoms with van der Waals surface area (Å²) < 4.78 is 31.7. The number of methoxy groups -OCH3 is 1. The van der Waals surface area contributed by atoms with Gasteiger partial charge >= 0.3 is 0 Å². The molecule has 0 radical (unpaired) electrons. The minimum atomic E-state index is -4.04. The number of nitrogens with one attached hydrogen (secondary N) is 2. The Hall–Kier alpha value is -2.94. The minimum Gasteiger partial charge on any atom is -0.497 e. The highest BCUT2D eigenvalue weighted by molar-refractivity contribution is 7.90. The summed E-state index contributed by atoms with van der Waals surface area (Å²) in [6, 6.07) is 8.59. The molecule has 8 nitrogen and oxygen atoms in total. The molecular weight excluding hydrogens is 394 g/mol. The first-order valence-corrected chi connectivity index (χ1v) is 10.9. The van der Waals surface area contributed by atoms with E-state index in [1.165, 1.54) is 56.1 Å². The van der Waals surface area contributed by atoms with Crippen molar-refractivity contribution in [3.63, 3.8) is 0 Å². The quantitative estimate of drug-likeness (QED) is 0.745. The number of amides is 2. The lowest BCUT2D eigenvalue weighted by Crippen LogP contribution is -2.36. The lowest BCUT2D eigenvalue weighted by molar-refractivity contribution is 0.0919. The summed E-state index contributed by atoms with van der Waals surface area (Å²) in [6.45, 7) is 0. The van der Waals surface area contributed by atoms with E-state index in [2.05, 4.69) is 10.3 Å². The molecule has 0 unspecified atom stereocenters. The van der Waals surface area contributed by atoms with Crippen LogP contribution in [0, 0.1) is 0 Å². The summed E-state index contributed by atoms with van der Waals surface area (Å²) in [5.41, 5.74) is 0.224. The predicted molar refractivity (Wildman–Crippen MR) is 106 cm³/mol. The summed E-state index contributed by atoms with van der Waals surface area (Å²) in [4.78, 5) is 28.5. The van der Waals surface area contributed by atoms with Crippen molar-refractivity contribution in [2.24, 2.45) is 0 Å². The highest BCUT2D eigenvalue weighted by atomic mass is 32.2. The average molecular weight is 417 g/mol. The zero-order valence-electron chi connectivity index (χ0n) is 16.1. The Kier molecular flexibility index (Phi) is 6.48. The Morgan fingerprint density at radius 2 is 1.69 bits per heavy atom. The highest BCUT2D eigenvalue weighted by Gasteiger charge is 2.20. The zero-order valence-corrected chi connectivity index (χ0v) is 16.9. The number of benzene rings is 1. The van der Waals surface area contributed by atoms with E-state index in [-0.39, 0.29) is 28.1 Å². The fourth-order valence-corrected chi connectivity index (χ4v) is 4.14. The van der Waals surface area contributed by atoms with E-state index in [1.54, 1.807) is 0 Å². The predicted octanol–water partition coefficient (Wildman–Crippen LogP) is 2.27. The number of aromatic nitrogens is 1. The van der Waals surface area contributed by atoms with E-state index < -0.39 is 15.9 Å². The second-order valence-corrected chi connectivity index (χ2v) is 8.53. The van der Waals surface area contributed by atoms with E-state index in [4.69, 9.17) is 4.74 Å². The standard InChI is InChI=1S/C20H23N3O5S/c1-28-16-8-10-17(11-9-16)29(26,27)23-19(24)14-7-12-18(21-13-14)20(25)22-15-5-3-2-4-6-15/h7-13,15H,2-6H2,1H3,(H,22,25)(H,23,24). The van der Waals surface area contributed by atoms with Gasteiger partial charge in [0.25, 0.3) is 21.8 Å². The third-order valence-electron chi connectivity index (χ3n) is 4.80. The van der Waals surface area contributed by atoms with Crippen LogP contribution in [0.2, 0.25) is 0 Å². The average Bonchev–Trinajstić information content (AvgIpc) is 2.74. The molecule has 2 amide bonds. The van der Waals surface area contributed by atoms with E-state index in [1.807, 2.05) is 4.72 Å². The second-order valence-electron chi connectivity index (χ2n) is 6.85. The fourth-order valence-electron chi connectivity index (χ4n) is 3.16. The summed E-state index contributed by atoms with van der Waals surface area (Å²) in [6.07, 6.45) is 6.48. The van der Waals surface area contributed by atoms with E-state index >= 15 is 0 Å². The molecule has 2 N–H and O–H groups in total. The Morgan fingerprint density at radius 1 is 1.00 bits per heavy atom. The molecule has 0 bridgehead atoms. The first kappa shape index (κ1) is 20.8. The molecule has 1 aromatic heterocycles. The van der Waals surface area contributed by atoms with Gasteiger partial charge in [-0.2, -0.15) is 0 Å². The summed E-state index contributed by atoms with van der Waals surface area (Å²) in [7, 11) is -2.57. The van der Waals surface area contributed by atoms with E-state index in [0.717, 1.165) is 25.7 Å². The van der Waals surface area contributed by atoms with E-state index in [9.17, 15) is 18.0 Å². The number of rotatable bonds is 6. The minimum absolute atomic E-state index is 0.0382. The van der Waals surface area contributed by atoms with Crippen molar-refractivity contribution >= 4 is 21.8 Å². The summed E-state index contributed by atoms with van der Waals surface area (Å²) in [5, 5.41) is 2.94. The van der Waals surface area contributed by atoms with Crippen molar-refractivity contribution in [1.29, 1.82) is 0 Å². The smallest absolute Gasteiger partial charge is 0.270 e. The summed E-state index contributed by atoms with van der Waals surface area (Å²) >= 11 is 0. The first-order valence-electron chi connectivity index (χ1n) is 9.37. The van der Waals surface area contributed by atoms with Gasteiger partial charge in [0.15, 0.2) is 0 Å². The maximum absolute atomic E-state index is 12.4. The van der Waals surface area contributed by atoms with Gasteiger partial charge in [-0.05, 0) is 49.2 Å². The Labute approximate surface area is 169 Å². The lowest BCUT2D eigenvalue weighted by Gasteiger charge is -2.22. The van der Waals surface area contributed by atoms with Gasteiger partial charge in [-0.3, -0.25) is 14.6 Å². The maximum atomic E-state index is 12.4. The molecule has 154 valence electrons. The van der Waals surface area contributed by atoms with Crippen LogP contribution in [0.15, 0.2) is 47.5 Å². The molecule has 2 aromatic rings.